The van der Waals surface area contributed by atoms with E-state index in [0.29, 0.717) is 22.9 Å². The van der Waals surface area contributed by atoms with Crippen LogP contribution in [0.15, 0.2) is 78.9 Å². The molecule has 0 heterocycles. The quantitative estimate of drug-likeness (QED) is 0.594. The summed E-state index contributed by atoms with van der Waals surface area (Å²) in [6.45, 7) is 0.487. The van der Waals surface area contributed by atoms with E-state index in [1.54, 1.807) is 0 Å². The maximum Gasteiger partial charge on any atom is 0.136 e. The molecule has 1 nitrogen and oxygen atoms in total. The second-order valence-electron chi connectivity index (χ2n) is 5.00. The zero-order chi connectivity index (χ0) is 15.9. The van der Waals surface area contributed by atoms with Crippen LogP contribution in [0.1, 0.15) is 16.7 Å². The predicted molar refractivity (Wildman–Crippen MR) is 94.6 cm³/mol. The Bertz CT molecular complexity index is 830. The van der Waals surface area contributed by atoms with Gasteiger partial charge in [-0.15, -0.1) is 0 Å². The lowest BCUT2D eigenvalue weighted by Crippen LogP contribution is -1.97. The fourth-order valence-electron chi connectivity index (χ4n) is 2.14. The zero-order valence-electron chi connectivity index (χ0n) is 12.5. The highest BCUT2D eigenvalue weighted by atomic mass is 35.5. The third-order valence-corrected chi connectivity index (χ3v) is 3.63. The molecule has 0 unspecified atom stereocenters. The summed E-state index contributed by atoms with van der Waals surface area (Å²) in [5.41, 5.74) is 2.77. The fraction of sp³-hybridized carbons (Fsp3) is 0.0476. The first-order chi connectivity index (χ1) is 11.3. The molecule has 3 aromatic carbocycles. The molecule has 0 amide bonds. The number of rotatable bonds is 3. The summed E-state index contributed by atoms with van der Waals surface area (Å²) in [5, 5.41) is 0.596. The lowest BCUT2D eigenvalue weighted by Gasteiger charge is -2.09. The van der Waals surface area contributed by atoms with Crippen molar-refractivity contribution in [1.82, 2.24) is 0 Å². The molecule has 0 fully saturated rings. The molecule has 3 rings (SSSR count). The van der Waals surface area contributed by atoms with Crippen molar-refractivity contribution in [3.05, 3.63) is 101 Å². The Hall–Kier alpha value is -2.69. The van der Waals surface area contributed by atoms with E-state index in [-0.39, 0.29) is 0 Å². The van der Waals surface area contributed by atoms with Crippen molar-refractivity contribution in [2.24, 2.45) is 0 Å². The van der Waals surface area contributed by atoms with Crippen LogP contribution in [0.25, 0.3) is 0 Å². The molecule has 0 bridgehead atoms. The molecule has 23 heavy (non-hydrogen) atoms. The topological polar surface area (TPSA) is 9.23 Å². The first kappa shape index (κ1) is 15.2. The van der Waals surface area contributed by atoms with Crippen LogP contribution in [0.5, 0.6) is 5.75 Å². The molecule has 0 N–H and O–H groups in total. The van der Waals surface area contributed by atoms with Crippen LogP contribution >= 0.6 is 11.6 Å². The maximum atomic E-state index is 6.29. The molecule has 0 aliphatic carbocycles. The first-order valence-electron chi connectivity index (χ1n) is 7.35. The fourth-order valence-corrected chi connectivity index (χ4v) is 2.35. The molecule has 0 saturated carbocycles. The molecule has 0 atom stereocenters. The minimum atomic E-state index is 0.487. The van der Waals surface area contributed by atoms with Crippen molar-refractivity contribution in [1.29, 1.82) is 0 Å². The molecule has 0 aromatic heterocycles. The van der Waals surface area contributed by atoms with E-state index in [0.717, 1.165) is 11.1 Å². The summed E-state index contributed by atoms with van der Waals surface area (Å²) in [7, 11) is 0. The SMILES string of the molecule is Clc1cccc(OCc2ccccc2)c1C#Cc1ccccc1. The molecular weight excluding hydrogens is 304 g/mol. The molecule has 0 aliphatic heterocycles. The largest absolute Gasteiger partial charge is 0.488 e. The molecule has 2 heteroatoms. The van der Waals surface area contributed by atoms with E-state index in [1.165, 1.54) is 0 Å². The maximum absolute atomic E-state index is 6.29. The molecule has 112 valence electrons. The molecule has 0 radical (unpaired) electrons. The van der Waals surface area contributed by atoms with Gasteiger partial charge in [-0.1, -0.05) is 78.0 Å². The van der Waals surface area contributed by atoms with E-state index >= 15 is 0 Å². The summed E-state index contributed by atoms with van der Waals surface area (Å²) in [4.78, 5) is 0. The van der Waals surface area contributed by atoms with Crippen LogP contribution in [-0.2, 0) is 6.61 Å². The Morgan fingerprint density at radius 2 is 1.43 bits per heavy atom. The van der Waals surface area contributed by atoms with Crippen molar-refractivity contribution in [2.45, 2.75) is 6.61 Å². The van der Waals surface area contributed by atoms with E-state index in [2.05, 4.69) is 11.8 Å². The average molecular weight is 319 g/mol. The summed E-state index contributed by atoms with van der Waals surface area (Å²) in [6.07, 6.45) is 0. The summed E-state index contributed by atoms with van der Waals surface area (Å²) in [6, 6.07) is 25.4. The van der Waals surface area contributed by atoms with Crippen LogP contribution in [-0.4, -0.2) is 0 Å². The average Bonchev–Trinajstić information content (AvgIpc) is 2.61. The van der Waals surface area contributed by atoms with E-state index < -0.39 is 0 Å². The van der Waals surface area contributed by atoms with Gasteiger partial charge < -0.3 is 4.74 Å². The van der Waals surface area contributed by atoms with Gasteiger partial charge in [0.15, 0.2) is 0 Å². The number of hydrogen-bond acceptors (Lipinski definition) is 1. The number of benzene rings is 3. The highest BCUT2D eigenvalue weighted by Crippen LogP contribution is 2.26. The van der Waals surface area contributed by atoms with Gasteiger partial charge in [0.05, 0.1) is 10.6 Å². The second kappa shape index (κ2) is 7.54. The lowest BCUT2D eigenvalue weighted by molar-refractivity contribution is 0.305. The van der Waals surface area contributed by atoms with Gasteiger partial charge in [-0.25, -0.2) is 0 Å². The first-order valence-corrected chi connectivity index (χ1v) is 7.73. The molecular formula is C21H15ClO. The normalized spacial score (nSPS) is 9.78. The summed E-state index contributed by atoms with van der Waals surface area (Å²) >= 11 is 6.29. The monoisotopic (exact) mass is 318 g/mol. The Labute approximate surface area is 141 Å². The molecule has 0 spiro atoms. The molecule has 0 saturated heterocycles. The number of ether oxygens (including phenoxy) is 1. The summed E-state index contributed by atoms with van der Waals surface area (Å²) < 4.78 is 5.91. The minimum Gasteiger partial charge on any atom is -0.488 e. The van der Waals surface area contributed by atoms with Crippen molar-refractivity contribution in [3.63, 3.8) is 0 Å². The van der Waals surface area contributed by atoms with Crippen LogP contribution in [0.3, 0.4) is 0 Å². The van der Waals surface area contributed by atoms with Gasteiger partial charge in [-0.2, -0.15) is 0 Å². The van der Waals surface area contributed by atoms with E-state index in [9.17, 15) is 0 Å². The van der Waals surface area contributed by atoms with Gasteiger partial charge in [-0.05, 0) is 29.8 Å². The molecule has 3 aromatic rings. The smallest absolute Gasteiger partial charge is 0.136 e. The Morgan fingerprint density at radius 1 is 0.739 bits per heavy atom. The van der Waals surface area contributed by atoms with E-state index in [1.807, 2.05) is 78.9 Å². The number of halogens is 1. The van der Waals surface area contributed by atoms with Gasteiger partial charge in [-0.3, -0.25) is 0 Å². The van der Waals surface area contributed by atoms with Crippen molar-refractivity contribution in [2.75, 3.05) is 0 Å². The third kappa shape index (κ3) is 4.16. The number of hydrogen-bond donors (Lipinski definition) is 0. The van der Waals surface area contributed by atoms with Crippen molar-refractivity contribution >= 4 is 11.6 Å². The van der Waals surface area contributed by atoms with Crippen molar-refractivity contribution < 1.29 is 4.74 Å². The van der Waals surface area contributed by atoms with Gasteiger partial charge in [0.25, 0.3) is 0 Å². The van der Waals surface area contributed by atoms with Gasteiger partial charge in [0.1, 0.15) is 12.4 Å². The molecule has 0 aliphatic rings. The van der Waals surface area contributed by atoms with Crippen LogP contribution in [0, 0.1) is 11.8 Å². The standard InChI is InChI=1S/C21H15ClO/c22-20-12-7-13-21(23-16-18-10-5-2-6-11-18)19(20)15-14-17-8-3-1-4-9-17/h1-13H,16H2. The van der Waals surface area contributed by atoms with Crippen LogP contribution in [0.4, 0.5) is 0 Å². The predicted octanol–water partition coefficient (Wildman–Crippen LogP) is 5.32. The van der Waals surface area contributed by atoms with Gasteiger partial charge >= 0.3 is 0 Å². The van der Waals surface area contributed by atoms with Crippen molar-refractivity contribution in [3.8, 4) is 17.6 Å². The highest BCUT2D eigenvalue weighted by Gasteiger charge is 2.06. The van der Waals surface area contributed by atoms with Crippen LogP contribution in [0.2, 0.25) is 5.02 Å². The Kier molecular flexibility index (Phi) is 4.99. The van der Waals surface area contributed by atoms with E-state index in [4.69, 9.17) is 16.3 Å². The second-order valence-corrected chi connectivity index (χ2v) is 5.41. The summed E-state index contributed by atoms with van der Waals surface area (Å²) in [5.74, 6) is 6.95. The lowest BCUT2D eigenvalue weighted by atomic mass is 10.1. The third-order valence-electron chi connectivity index (χ3n) is 3.32. The highest BCUT2D eigenvalue weighted by molar-refractivity contribution is 6.32. The van der Waals surface area contributed by atoms with Crippen LogP contribution < -0.4 is 4.74 Å². The van der Waals surface area contributed by atoms with Gasteiger partial charge in [0, 0.05) is 5.56 Å². The zero-order valence-corrected chi connectivity index (χ0v) is 13.3. The Morgan fingerprint density at radius 3 is 2.17 bits per heavy atom. The Balaban J connectivity index is 1.84. The van der Waals surface area contributed by atoms with Gasteiger partial charge in [0.2, 0.25) is 0 Å². The minimum absolute atomic E-state index is 0.487.